The van der Waals surface area contributed by atoms with Crippen molar-refractivity contribution in [3.63, 3.8) is 0 Å². The molecule has 0 amide bonds. The average Bonchev–Trinajstić information content (AvgIpc) is 2.34. The third kappa shape index (κ3) is 3.38. The zero-order chi connectivity index (χ0) is 12.6. The van der Waals surface area contributed by atoms with E-state index in [9.17, 15) is 9.59 Å². The number of nitrogens with one attached hydrogen (secondary N) is 2. The van der Waals surface area contributed by atoms with Gasteiger partial charge in [-0.15, -0.1) is 0 Å². The molecule has 2 rings (SSSR count). The molecule has 4 heteroatoms. The lowest BCUT2D eigenvalue weighted by molar-refractivity contribution is 1.08. The number of fused-ring (bicyclic) bond motifs is 1. The molecular formula is C12H18N2O2. The normalized spacial score (nSPS) is 8.50. The number of para-hydroxylation sites is 1. The molecule has 0 fully saturated rings. The molecule has 0 aliphatic heterocycles. The Morgan fingerprint density at radius 1 is 0.875 bits per heavy atom. The molecule has 2 aromatic rings. The molecule has 0 saturated carbocycles. The summed E-state index contributed by atoms with van der Waals surface area (Å²) < 4.78 is 0. The quantitative estimate of drug-likeness (QED) is 0.718. The molecule has 4 nitrogen and oxygen atoms in total. The van der Waals surface area contributed by atoms with Crippen molar-refractivity contribution in [3.05, 3.63) is 45.1 Å². The van der Waals surface area contributed by atoms with Crippen LogP contribution in [0.5, 0.6) is 0 Å². The van der Waals surface area contributed by atoms with Gasteiger partial charge in [-0.2, -0.15) is 0 Å². The van der Waals surface area contributed by atoms with Crippen molar-refractivity contribution in [2.24, 2.45) is 0 Å². The van der Waals surface area contributed by atoms with Crippen LogP contribution in [0, 0.1) is 0 Å². The molecule has 0 spiro atoms. The Morgan fingerprint density at radius 3 is 2.06 bits per heavy atom. The summed E-state index contributed by atoms with van der Waals surface area (Å²) in [5.74, 6) is 0. The summed E-state index contributed by atoms with van der Waals surface area (Å²) >= 11 is 0. The topological polar surface area (TPSA) is 65.7 Å². The molecule has 88 valence electrons. The predicted octanol–water partition coefficient (Wildman–Crippen LogP) is 2.27. The van der Waals surface area contributed by atoms with Crippen LogP contribution in [-0.2, 0) is 0 Å². The van der Waals surface area contributed by atoms with Gasteiger partial charge in [0, 0.05) is 0 Å². The van der Waals surface area contributed by atoms with Crippen molar-refractivity contribution in [2.75, 3.05) is 0 Å². The number of H-pyrrole nitrogens is 2. The highest BCUT2D eigenvalue weighted by molar-refractivity contribution is 5.76. The fourth-order valence-corrected chi connectivity index (χ4v) is 1.11. The van der Waals surface area contributed by atoms with Gasteiger partial charge >= 0.3 is 5.69 Å². The van der Waals surface area contributed by atoms with E-state index in [-0.39, 0.29) is 5.56 Å². The van der Waals surface area contributed by atoms with E-state index >= 15 is 0 Å². The van der Waals surface area contributed by atoms with Crippen molar-refractivity contribution >= 4 is 10.9 Å². The number of benzene rings is 1. The van der Waals surface area contributed by atoms with Gasteiger partial charge in [0.25, 0.3) is 5.56 Å². The molecule has 16 heavy (non-hydrogen) atoms. The lowest BCUT2D eigenvalue weighted by Gasteiger charge is -1.92. The first kappa shape index (κ1) is 14.2. The van der Waals surface area contributed by atoms with Crippen molar-refractivity contribution in [2.45, 2.75) is 27.7 Å². The first-order valence-corrected chi connectivity index (χ1v) is 5.49. The van der Waals surface area contributed by atoms with Crippen molar-refractivity contribution in [1.82, 2.24) is 9.97 Å². The summed E-state index contributed by atoms with van der Waals surface area (Å²) in [5, 5.41) is 0.497. The first-order chi connectivity index (χ1) is 7.77. The zero-order valence-electron chi connectivity index (χ0n) is 10.1. The highest BCUT2D eigenvalue weighted by atomic mass is 16.2. The van der Waals surface area contributed by atoms with Crippen LogP contribution >= 0.6 is 0 Å². The molecule has 1 aromatic carbocycles. The van der Waals surface area contributed by atoms with Gasteiger partial charge in [-0.3, -0.25) is 9.78 Å². The number of aromatic nitrogens is 2. The van der Waals surface area contributed by atoms with Crippen LogP contribution in [0.15, 0.2) is 33.9 Å². The maximum atomic E-state index is 11.1. The highest BCUT2D eigenvalue weighted by Gasteiger charge is 1.96. The van der Waals surface area contributed by atoms with Crippen molar-refractivity contribution in [1.29, 1.82) is 0 Å². The highest BCUT2D eigenvalue weighted by Crippen LogP contribution is 2.01. The summed E-state index contributed by atoms with van der Waals surface area (Å²) in [4.78, 5) is 26.6. The molecule has 0 unspecified atom stereocenters. The Balaban J connectivity index is 0.000000509. The monoisotopic (exact) mass is 222 g/mol. The largest absolute Gasteiger partial charge is 0.326 e. The zero-order valence-corrected chi connectivity index (χ0v) is 10.1. The molecule has 2 N–H and O–H groups in total. The summed E-state index contributed by atoms with van der Waals surface area (Å²) in [6.45, 7) is 8.00. The number of hydrogen-bond donors (Lipinski definition) is 2. The minimum Gasteiger partial charge on any atom is -0.307 e. The molecule has 0 radical (unpaired) electrons. The van der Waals surface area contributed by atoms with Crippen LogP contribution < -0.4 is 11.2 Å². The number of hydrogen-bond acceptors (Lipinski definition) is 2. The molecule has 1 heterocycles. The molecule has 0 aliphatic carbocycles. The van der Waals surface area contributed by atoms with Crippen LogP contribution in [0.3, 0.4) is 0 Å². The smallest absolute Gasteiger partial charge is 0.307 e. The second kappa shape index (κ2) is 7.45. The lowest BCUT2D eigenvalue weighted by atomic mass is 10.2. The summed E-state index contributed by atoms with van der Waals surface area (Å²) in [5.41, 5.74) is -0.265. The third-order valence-corrected chi connectivity index (χ3v) is 1.65. The Labute approximate surface area is 94.3 Å². The first-order valence-electron chi connectivity index (χ1n) is 5.49. The van der Waals surface area contributed by atoms with E-state index in [2.05, 4.69) is 9.97 Å². The van der Waals surface area contributed by atoms with E-state index in [1.165, 1.54) is 0 Å². The van der Waals surface area contributed by atoms with E-state index in [4.69, 9.17) is 0 Å². The standard InChI is InChI=1S/C8H6N2O2.2C2H6/c11-7-5-3-1-2-4-6(5)9-8(12)10-7;2*1-2/h1-4H,(H2,9,10,11,12);2*1-2H3. The predicted molar refractivity (Wildman–Crippen MR) is 67.9 cm³/mol. The van der Waals surface area contributed by atoms with Gasteiger partial charge in [0.05, 0.1) is 10.9 Å². The Bertz CT molecular complexity index is 526. The van der Waals surface area contributed by atoms with Gasteiger partial charge in [0.1, 0.15) is 0 Å². The van der Waals surface area contributed by atoms with Gasteiger partial charge in [0.15, 0.2) is 0 Å². The van der Waals surface area contributed by atoms with Gasteiger partial charge in [0.2, 0.25) is 0 Å². The van der Waals surface area contributed by atoms with E-state index in [1.807, 2.05) is 27.7 Å². The molecule has 0 bridgehead atoms. The average molecular weight is 222 g/mol. The van der Waals surface area contributed by atoms with Crippen LogP contribution in [0.4, 0.5) is 0 Å². The molecule has 0 aliphatic rings. The van der Waals surface area contributed by atoms with Gasteiger partial charge in [-0.1, -0.05) is 39.8 Å². The fourth-order valence-electron chi connectivity index (χ4n) is 1.11. The second-order valence-electron chi connectivity index (χ2n) is 2.45. The summed E-state index contributed by atoms with van der Waals surface area (Å²) in [6.07, 6.45) is 0. The summed E-state index contributed by atoms with van der Waals surface area (Å²) in [6, 6.07) is 6.85. The van der Waals surface area contributed by atoms with E-state index in [1.54, 1.807) is 24.3 Å². The molecule has 1 aromatic heterocycles. The SMILES string of the molecule is CC.CC.O=c1[nH]c(=O)c2ccccc2[nH]1. The van der Waals surface area contributed by atoms with E-state index in [0.29, 0.717) is 10.9 Å². The number of aromatic amines is 2. The minimum absolute atomic E-state index is 0.352. The Hall–Kier alpha value is -1.84. The Morgan fingerprint density at radius 2 is 1.44 bits per heavy atom. The van der Waals surface area contributed by atoms with Gasteiger partial charge in [-0.05, 0) is 12.1 Å². The maximum Gasteiger partial charge on any atom is 0.326 e. The lowest BCUT2D eigenvalue weighted by Crippen LogP contribution is -2.21. The van der Waals surface area contributed by atoms with Crippen LogP contribution in [0.25, 0.3) is 10.9 Å². The molecule has 0 saturated heterocycles. The number of rotatable bonds is 0. The van der Waals surface area contributed by atoms with Crippen LogP contribution in [0.1, 0.15) is 27.7 Å². The van der Waals surface area contributed by atoms with Crippen molar-refractivity contribution in [3.8, 4) is 0 Å². The van der Waals surface area contributed by atoms with Gasteiger partial charge in [-0.25, -0.2) is 4.79 Å². The Kier molecular flexibility index (Phi) is 6.59. The fraction of sp³-hybridized carbons (Fsp3) is 0.333. The molecule has 0 atom stereocenters. The van der Waals surface area contributed by atoms with E-state index < -0.39 is 5.69 Å². The van der Waals surface area contributed by atoms with Crippen LogP contribution in [0.2, 0.25) is 0 Å². The molecular weight excluding hydrogens is 204 g/mol. The third-order valence-electron chi connectivity index (χ3n) is 1.65. The van der Waals surface area contributed by atoms with Crippen LogP contribution in [-0.4, -0.2) is 9.97 Å². The van der Waals surface area contributed by atoms with E-state index in [0.717, 1.165) is 0 Å². The summed E-state index contributed by atoms with van der Waals surface area (Å²) in [7, 11) is 0. The maximum absolute atomic E-state index is 11.1. The van der Waals surface area contributed by atoms with Gasteiger partial charge < -0.3 is 4.98 Å². The minimum atomic E-state index is -0.473. The second-order valence-corrected chi connectivity index (χ2v) is 2.45. The van der Waals surface area contributed by atoms with Crippen molar-refractivity contribution < 1.29 is 0 Å².